The molecular formula is C11H12N2O4S2. The van der Waals surface area contributed by atoms with E-state index in [2.05, 4.69) is 4.98 Å². The second-order valence-corrected chi connectivity index (χ2v) is 5.74. The monoisotopic (exact) mass is 300 g/mol. The summed E-state index contributed by atoms with van der Waals surface area (Å²) in [6.07, 6.45) is 0. The van der Waals surface area contributed by atoms with Crippen molar-refractivity contribution in [2.75, 3.05) is 11.5 Å². The van der Waals surface area contributed by atoms with Crippen LogP contribution in [0.25, 0.3) is 11.0 Å². The summed E-state index contributed by atoms with van der Waals surface area (Å²) in [7, 11) is 0. The lowest BCUT2D eigenvalue weighted by atomic mass is 10.3. The predicted molar refractivity (Wildman–Crippen MR) is 73.7 cm³/mol. The fourth-order valence-corrected chi connectivity index (χ4v) is 2.78. The Kier molecular flexibility index (Phi) is 4.56. The summed E-state index contributed by atoms with van der Waals surface area (Å²) < 4.78 is 21.4. The number of fused-ring (bicyclic) bond motifs is 1. The van der Waals surface area contributed by atoms with Crippen molar-refractivity contribution in [1.82, 2.24) is 9.55 Å². The molecule has 102 valence electrons. The van der Waals surface area contributed by atoms with E-state index in [-0.39, 0.29) is 11.5 Å². The zero-order valence-electron chi connectivity index (χ0n) is 9.85. The van der Waals surface area contributed by atoms with Crippen LogP contribution in [0.4, 0.5) is 0 Å². The number of hydrogen-bond acceptors (Lipinski definition) is 4. The fraction of sp³-hybridized carbons (Fsp3) is 0.273. The quantitative estimate of drug-likeness (QED) is 0.619. The molecule has 0 aliphatic rings. The Morgan fingerprint density at radius 1 is 1.42 bits per heavy atom. The lowest BCUT2D eigenvalue weighted by Gasteiger charge is -2.06. The summed E-state index contributed by atoms with van der Waals surface area (Å²) in [6, 6.07) is 7.37. The van der Waals surface area contributed by atoms with Crippen LogP contribution < -0.4 is 0 Å². The van der Waals surface area contributed by atoms with Crippen molar-refractivity contribution in [2.24, 2.45) is 0 Å². The molecule has 2 rings (SSSR count). The maximum absolute atomic E-state index is 10.8. The van der Waals surface area contributed by atoms with Crippen LogP contribution in [0, 0.1) is 0 Å². The van der Waals surface area contributed by atoms with Crippen molar-refractivity contribution in [3.63, 3.8) is 0 Å². The number of carboxylic acid groups (broad SMARTS) is 1. The van der Waals surface area contributed by atoms with Crippen LogP contribution in [-0.4, -0.2) is 40.9 Å². The lowest BCUT2D eigenvalue weighted by Crippen LogP contribution is -2.09. The van der Waals surface area contributed by atoms with Gasteiger partial charge in [0.25, 0.3) is 0 Å². The van der Waals surface area contributed by atoms with Gasteiger partial charge in [0.15, 0.2) is 16.2 Å². The Bertz CT molecular complexity index is 626. The standard InChI is InChI=1S/C11H12N2O4S2/c14-10(15)7-18-11-12-8-3-1-2-4-9(8)13(11)5-6-19(16)17/h1-4H,5-7H2,(H,14,15)(H,16,17). The first-order chi connectivity index (χ1) is 9.08. The molecule has 6 nitrogen and oxygen atoms in total. The van der Waals surface area contributed by atoms with Crippen LogP contribution in [0.2, 0.25) is 0 Å². The van der Waals surface area contributed by atoms with Gasteiger partial charge in [-0.15, -0.1) is 0 Å². The highest BCUT2D eigenvalue weighted by Crippen LogP contribution is 2.23. The molecule has 1 atom stereocenters. The molecule has 0 spiro atoms. The number of aliphatic carboxylic acids is 1. The molecule has 0 bridgehead atoms. The Morgan fingerprint density at radius 2 is 2.16 bits per heavy atom. The second-order valence-electron chi connectivity index (χ2n) is 3.74. The van der Waals surface area contributed by atoms with Crippen LogP contribution in [0.15, 0.2) is 29.4 Å². The van der Waals surface area contributed by atoms with E-state index in [0.29, 0.717) is 11.7 Å². The molecule has 0 amide bonds. The highest BCUT2D eigenvalue weighted by molar-refractivity contribution is 7.99. The molecule has 8 heteroatoms. The molecule has 0 aliphatic heterocycles. The maximum atomic E-state index is 10.8. The predicted octanol–water partition coefficient (Wildman–Crippen LogP) is 1.43. The smallest absolute Gasteiger partial charge is 0.313 e. The number of para-hydroxylation sites is 2. The minimum atomic E-state index is -1.89. The van der Waals surface area contributed by atoms with Crippen LogP contribution >= 0.6 is 11.8 Å². The summed E-state index contributed by atoms with van der Waals surface area (Å²) in [5.41, 5.74) is 1.58. The zero-order valence-corrected chi connectivity index (χ0v) is 11.5. The highest BCUT2D eigenvalue weighted by atomic mass is 32.2. The van der Waals surface area contributed by atoms with Crippen LogP contribution in [-0.2, 0) is 22.4 Å². The minimum absolute atomic E-state index is 0.0843. The summed E-state index contributed by atoms with van der Waals surface area (Å²) >= 11 is -0.784. The molecule has 1 unspecified atom stereocenters. The van der Waals surface area contributed by atoms with Crippen molar-refractivity contribution in [3.8, 4) is 0 Å². The summed E-state index contributed by atoms with van der Waals surface area (Å²) in [4.78, 5) is 15.0. The largest absolute Gasteiger partial charge is 0.481 e. The Hall–Kier alpha value is -1.38. The lowest BCUT2D eigenvalue weighted by molar-refractivity contribution is -0.133. The molecule has 19 heavy (non-hydrogen) atoms. The van der Waals surface area contributed by atoms with Gasteiger partial charge < -0.3 is 14.2 Å². The van der Waals surface area contributed by atoms with E-state index in [1.165, 1.54) is 0 Å². The summed E-state index contributed by atoms with van der Waals surface area (Å²) in [5, 5.41) is 9.26. The third-order valence-electron chi connectivity index (χ3n) is 2.43. The van der Waals surface area contributed by atoms with E-state index >= 15 is 0 Å². The van der Waals surface area contributed by atoms with Crippen molar-refractivity contribution in [2.45, 2.75) is 11.7 Å². The van der Waals surface area contributed by atoms with Crippen LogP contribution in [0.3, 0.4) is 0 Å². The van der Waals surface area contributed by atoms with E-state index in [9.17, 15) is 9.00 Å². The Balaban J connectivity index is 2.33. The van der Waals surface area contributed by atoms with Gasteiger partial charge in [-0.05, 0) is 12.1 Å². The molecule has 0 saturated carbocycles. The van der Waals surface area contributed by atoms with Gasteiger partial charge in [-0.25, -0.2) is 9.19 Å². The number of benzene rings is 1. The minimum Gasteiger partial charge on any atom is -0.481 e. The molecule has 0 saturated heterocycles. The fourth-order valence-electron chi connectivity index (χ4n) is 1.68. The molecule has 1 aromatic carbocycles. The van der Waals surface area contributed by atoms with Gasteiger partial charge in [-0.2, -0.15) is 0 Å². The molecule has 0 fully saturated rings. The Labute approximate surface area is 116 Å². The first kappa shape index (κ1) is 14.0. The van der Waals surface area contributed by atoms with E-state index < -0.39 is 17.0 Å². The molecular weight excluding hydrogens is 288 g/mol. The van der Waals surface area contributed by atoms with Gasteiger partial charge >= 0.3 is 5.97 Å². The van der Waals surface area contributed by atoms with Gasteiger partial charge in [-0.1, -0.05) is 23.9 Å². The number of aryl methyl sites for hydroxylation is 1. The Morgan fingerprint density at radius 3 is 2.84 bits per heavy atom. The number of carbonyl (C=O) groups is 1. The third kappa shape index (κ3) is 3.55. The van der Waals surface area contributed by atoms with E-state index in [1.54, 1.807) is 4.57 Å². The van der Waals surface area contributed by atoms with Gasteiger partial charge in [-0.3, -0.25) is 4.79 Å². The number of aromatic nitrogens is 2. The van der Waals surface area contributed by atoms with Crippen molar-refractivity contribution >= 4 is 39.8 Å². The van der Waals surface area contributed by atoms with E-state index in [0.717, 1.165) is 22.8 Å². The second kappa shape index (κ2) is 6.18. The molecule has 2 aromatic rings. The maximum Gasteiger partial charge on any atom is 0.313 e. The van der Waals surface area contributed by atoms with Crippen molar-refractivity contribution in [1.29, 1.82) is 0 Å². The average molecular weight is 300 g/mol. The zero-order chi connectivity index (χ0) is 13.8. The molecule has 0 aliphatic carbocycles. The van der Waals surface area contributed by atoms with Crippen molar-refractivity contribution < 1.29 is 18.7 Å². The molecule has 0 radical (unpaired) electrons. The van der Waals surface area contributed by atoms with Crippen molar-refractivity contribution in [3.05, 3.63) is 24.3 Å². The van der Waals surface area contributed by atoms with Gasteiger partial charge in [0, 0.05) is 6.54 Å². The van der Waals surface area contributed by atoms with Crippen LogP contribution in [0.1, 0.15) is 0 Å². The number of carboxylic acids is 1. The molecule has 1 aromatic heterocycles. The molecule has 2 N–H and O–H groups in total. The number of rotatable bonds is 6. The first-order valence-corrected chi connectivity index (χ1v) is 7.71. The summed E-state index contributed by atoms with van der Waals surface area (Å²) in [6.45, 7) is 0.325. The third-order valence-corrected chi connectivity index (χ3v) is 3.93. The molecule has 1 heterocycles. The number of hydrogen-bond donors (Lipinski definition) is 2. The first-order valence-electron chi connectivity index (χ1n) is 5.45. The van der Waals surface area contributed by atoms with Gasteiger partial charge in [0.1, 0.15) is 0 Å². The van der Waals surface area contributed by atoms with Gasteiger partial charge in [0.2, 0.25) is 0 Å². The average Bonchev–Trinajstić information content (AvgIpc) is 2.71. The number of imidazole rings is 1. The SMILES string of the molecule is O=C(O)CSc1nc2ccccc2n1CCS(=O)O. The summed E-state index contributed by atoms with van der Waals surface area (Å²) in [5.74, 6) is -0.929. The van der Waals surface area contributed by atoms with E-state index in [1.807, 2.05) is 24.3 Å². The van der Waals surface area contributed by atoms with Crippen LogP contribution in [0.5, 0.6) is 0 Å². The normalized spacial score (nSPS) is 12.7. The number of nitrogens with zero attached hydrogens (tertiary/aromatic N) is 2. The van der Waals surface area contributed by atoms with E-state index in [4.69, 9.17) is 9.66 Å². The van der Waals surface area contributed by atoms with Gasteiger partial charge in [0.05, 0.1) is 22.5 Å². The topological polar surface area (TPSA) is 92.4 Å². The highest BCUT2D eigenvalue weighted by Gasteiger charge is 2.12. The number of thioether (sulfide) groups is 1.